The Morgan fingerprint density at radius 2 is 1.71 bits per heavy atom. The van der Waals surface area contributed by atoms with Crippen LogP contribution < -0.4 is 5.32 Å². The van der Waals surface area contributed by atoms with Gasteiger partial charge in [-0.1, -0.05) is 50.6 Å². The summed E-state index contributed by atoms with van der Waals surface area (Å²) in [5.74, 6) is 0. The lowest BCUT2D eigenvalue weighted by atomic mass is 9.90. The summed E-state index contributed by atoms with van der Waals surface area (Å²) in [6, 6.07) is 9.26. The summed E-state index contributed by atoms with van der Waals surface area (Å²) in [5.41, 5.74) is 3.16. The Labute approximate surface area is 107 Å². The molecule has 1 N–H and O–H groups in total. The molecule has 0 aliphatic rings. The lowest BCUT2D eigenvalue weighted by molar-refractivity contribution is 0.357. The first-order valence-corrected chi connectivity index (χ1v) is 6.68. The van der Waals surface area contributed by atoms with Gasteiger partial charge in [0.2, 0.25) is 0 Å². The van der Waals surface area contributed by atoms with Gasteiger partial charge in [0.25, 0.3) is 0 Å². The molecule has 0 spiro atoms. The van der Waals surface area contributed by atoms with E-state index >= 15 is 0 Å². The summed E-state index contributed by atoms with van der Waals surface area (Å²) >= 11 is 0. The van der Waals surface area contributed by atoms with Crippen LogP contribution in [0.2, 0.25) is 0 Å². The minimum absolute atomic E-state index is 0.453. The molecule has 1 atom stereocenters. The molecule has 0 fully saturated rings. The van der Waals surface area contributed by atoms with Crippen LogP contribution in [0.15, 0.2) is 24.3 Å². The second-order valence-corrected chi connectivity index (χ2v) is 6.25. The van der Waals surface area contributed by atoms with Gasteiger partial charge in [0, 0.05) is 6.04 Å². The molecule has 1 rings (SSSR count). The lowest BCUT2D eigenvalue weighted by Crippen LogP contribution is -2.21. The van der Waals surface area contributed by atoms with Crippen molar-refractivity contribution in [2.75, 3.05) is 6.54 Å². The van der Waals surface area contributed by atoms with Gasteiger partial charge in [-0.3, -0.25) is 0 Å². The standard InChI is InChI=1S/C16H27N/c1-13-7-9-15(10-8-13)14(2)17-12-6-11-16(3,4)5/h7-10,14,17H,6,11-12H2,1-5H3/t14-/m0/s1. The van der Waals surface area contributed by atoms with Crippen molar-refractivity contribution in [2.24, 2.45) is 5.41 Å². The lowest BCUT2D eigenvalue weighted by Gasteiger charge is -2.19. The van der Waals surface area contributed by atoms with Crippen LogP contribution in [0.3, 0.4) is 0 Å². The number of rotatable bonds is 5. The maximum atomic E-state index is 3.59. The quantitative estimate of drug-likeness (QED) is 0.740. The van der Waals surface area contributed by atoms with Crippen molar-refractivity contribution < 1.29 is 0 Å². The average Bonchev–Trinajstić information content (AvgIpc) is 2.24. The maximum Gasteiger partial charge on any atom is 0.0291 e. The highest BCUT2D eigenvalue weighted by molar-refractivity contribution is 5.23. The van der Waals surface area contributed by atoms with Crippen molar-refractivity contribution in [2.45, 2.75) is 53.5 Å². The van der Waals surface area contributed by atoms with E-state index in [1.165, 1.54) is 24.0 Å². The van der Waals surface area contributed by atoms with Gasteiger partial charge in [0.05, 0.1) is 0 Å². The largest absolute Gasteiger partial charge is 0.310 e. The summed E-state index contributed by atoms with van der Waals surface area (Å²) in [7, 11) is 0. The molecule has 0 saturated heterocycles. The topological polar surface area (TPSA) is 12.0 Å². The van der Waals surface area contributed by atoms with Gasteiger partial charge >= 0.3 is 0 Å². The van der Waals surface area contributed by atoms with Crippen LogP contribution in [0.5, 0.6) is 0 Å². The van der Waals surface area contributed by atoms with Crippen molar-refractivity contribution in [3.05, 3.63) is 35.4 Å². The van der Waals surface area contributed by atoms with Crippen LogP contribution >= 0.6 is 0 Å². The summed E-state index contributed by atoms with van der Waals surface area (Å²) in [6.45, 7) is 12.4. The van der Waals surface area contributed by atoms with Crippen LogP contribution in [-0.4, -0.2) is 6.54 Å². The fourth-order valence-electron chi connectivity index (χ4n) is 1.91. The molecule has 0 aliphatic carbocycles. The molecule has 0 unspecified atom stereocenters. The van der Waals surface area contributed by atoms with Crippen molar-refractivity contribution in [1.29, 1.82) is 0 Å². The van der Waals surface area contributed by atoms with Crippen molar-refractivity contribution in [3.63, 3.8) is 0 Å². The number of hydrogen-bond donors (Lipinski definition) is 1. The van der Waals surface area contributed by atoms with Gasteiger partial charge < -0.3 is 5.32 Å². The Balaban J connectivity index is 2.30. The molecule has 0 aliphatic heterocycles. The van der Waals surface area contributed by atoms with Crippen molar-refractivity contribution in [3.8, 4) is 0 Å². The maximum absolute atomic E-state index is 3.59. The Kier molecular flexibility index (Phi) is 5.20. The number of nitrogens with one attached hydrogen (secondary N) is 1. The molecular weight excluding hydrogens is 206 g/mol. The van der Waals surface area contributed by atoms with E-state index in [0.29, 0.717) is 11.5 Å². The predicted octanol–water partition coefficient (Wildman–Crippen LogP) is 4.47. The Morgan fingerprint density at radius 3 is 2.24 bits per heavy atom. The first-order valence-electron chi connectivity index (χ1n) is 6.68. The molecule has 0 aromatic heterocycles. The molecule has 0 heterocycles. The molecule has 96 valence electrons. The third kappa shape index (κ3) is 5.88. The summed E-state index contributed by atoms with van der Waals surface area (Å²) in [4.78, 5) is 0. The minimum Gasteiger partial charge on any atom is -0.310 e. The van der Waals surface area contributed by atoms with E-state index in [1.54, 1.807) is 0 Å². The van der Waals surface area contributed by atoms with Gasteiger partial charge in [-0.15, -0.1) is 0 Å². The average molecular weight is 233 g/mol. The summed E-state index contributed by atoms with van der Waals surface area (Å²) in [6.07, 6.45) is 2.53. The molecule has 1 aromatic carbocycles. The molecule has 0 amide bonds. The zero-order valence-corrected chi connectivity index (χ0v) is 12.0. The van der Waals surface area contributed by atoms with E-state index < -0.39 is 0 Å². The monoisotopic (exact) mass is 233 g/mol. The Morgan fingerprint density at radius 1 is 1.12 bits per heavy atom. The van der Waals surface area contributed by atoms with Crippen LogP contribution in [0.1, 0.15) is 57.7 Å². The van der Waals surface area contributed by atoms with Gasteiger partial charge in [0.1, 0.15) is 0 Å². The summed E-state index contributed by atoms with van der Waals surface area (Å²) in [5, 5.41) is 3.59. The Hall–Kier alpha value is -0.820. The molecular formula is C16H27N. The predicted molar refractivity (Wildman–Crippen MR) is 76.3 cm³/mol. The van der Waals surface area contributed by atoms with E-state index in [0.717, 1.165) is 6.54 Å². The fraction of sp³-hybridized carbons (Fsp3) is 0.625. The van der Waals surface area contributed by atoms with Gasteiger partial charge in [0.15, 0.2) is 0 Å². The van der Waals surface area contributed by atoms with Crippen molar-refractivity contribution >= 4 is 0 Å². The van der Waals surface area contributed by atoms with Crippen LogP contribution in [0.4, 0.5) is 0 Å². The second-order valence-electron chi connectivity index (χ2n) is 6.25. The first-order chi connectivity index (χ1) is 7.88. The number of benzene rings is 1. The van der Waals surface area contributed by atoms with Crippen LogP contribution in [0.25, 0.3) is 0 Å². The summed E-state index contributed by atoms with van der Waals surface area (Å²) < 4.78 is 0. The fourth-order valence-corrected chi connectivity index (χ4v) is 1.91. The highest BCUT2D eigenvalue weighted by Gasteiger charge is 2.09. The van der Waals surface area contributed by atoms with E-state index in [2.05, 4.69) is 64.2 Å². The van der Waals surface area contributed by atoms with E-state index in [9.17, 15) is 0 Å². The highest BCUT2D eigenvalue weighted by atomic mass is 14.9. The van der Waals surface area contributed by atoms with Gasteiger partial charge in [-0.2, -0.15) is 0 Å². The molecule has 0 saturated carbocycles. The van der Waals surface area contributed by atoms with E-state index in [-0.39, 0.29) is 0 Å². The van der Waals surface area contributed by atoms with E-state index in [1.807, 2.05) is 0 Å². The molecule has 17 heavy (non-hydrogen) atoms. The van der Waals surface area contributed by atoms with Crippen LogP contribution in [0, 0.1) is 12.3 Å². The molecule has 1 aromatic rings. The van der Waals surface area contributed by atoms with Gasteiger partial charge in [-0.05, 0) is 44.2 Å². The smallest absolute Gasteiger partial charge is 0.0291 e. The van der Waals surface area contributed by atoms with Gasteiger partial charge in [-0.25, -0.2) is 0 Å². The molecule has 1 heteroatoms. The third-order valence-corrected chi connectivity index (χ3v) is 3.13. The van der Waals surface area contributed by atoms with Crippen LogP contribution in [-0.2, 0) is 0 Å². The molecule has 0 bridgehead atoms. The normalized spacial score (nSPS) is 13.7. The zero-order chi connectivity index (χ0) is 12.9. The van der Waals surface area contributed by atoms with Crippen molar-refractivity contribution in [1.82, 2.24) is 5.32 Å². The first kappa shape index (κ1) is 14.2. The number of aryl methyl sites for hydroxylation is 1. The third-order valence-electron chi connectivity index (χ3n) is 3.13. The number of hydrogen-bond acceptors (Lipinski definition) is 1. The molecule has 1 nitrogen and oxygen atoms in total. The second kappa shape index (κ2) is 6.20. The minimum atomic E-state index is 0.453. The molecule has 0 radical (unpaired) electrons. The highest BCUT2D eigenvalue weighted by Crippen LogP contribution is 2.20. The zero-order valence-electron chi connectivity index (χ0n) is 12.0. The SMILES string of the molecule is Cc1ccc([C@H](C)NCCCC(C)(C)C)cc1. The van der Waals surface area contributed by atoms with E-state index in [4.69, 9.17) is 0 Å². The Bertz CT molecular complexity index is 318.